The number of hydrogen-bond donors (Lipinski definition) is 5. The first-order valence-corrected chi connectivity index (χ1v) is 13.3. The monoisotopic (exact) mass is 547 g/mol. The number of aliphatic hydroxyl groups excluding tert-OH is 1. The number of para-hydroxylation sites is 1. The first-order valence-electron chi connectivity index (χ1n) is 13.3. The number of amides is 1. The molecule has 1 aromatic heterocycles. The van der Waals surface area contributed by atoms with Crippen LogP contribution in [-0.4, -0.2) is 47.6 Å². The largest absolute Gasteiger partial charge is 0.490 e. The van der Waals surface area contributed by atoms with Crippen molar-refractivity contribution in [1.29, 1.82) is 0 Å². The third kappa shape index (κ3) is 7.48. The summed E-state index contributed by atoms with van der Waals surface area (Å²) in [6, 6.07) is 22.5. The Morgan fingerprint density at radius 2 is 1.80 bits per heavy atom. The summed E-state index contributed by atoms with van der Waals surface area (Å²) >= 11 is 0. The van der Waals surface area contributed by atoms with E-state index in [0.717, 1.165) is 27.6 Å². The second-order valence-corrected chi connectivity index (χ2v) is 9.59. The van der Waals surface area contributed by atoms with Gasteiger partial charge >= 0.3 is 0 Å². The van der Waals surface area contributed by atoms with Crippen molar-refractivity contribution in [1.82, 2.24) is 21.0 Å². The maximum Gasteiger partial charge on any atom is 0.255 e. The van der Waals surface area contributed by atoms with Crippen molar-refractivity contribution >= 4 is 22.6 Å². The van der Waals surface area contributed by atoms with Gasteiger partial charge in [0.05, 0.1) is 24.3 Å². The number of H-pyrrole nitrogens is 1. The number of aromatic nitrogens is 1. The minimum atomic E-state index is -0.483. The first-order chi connectivity index (χ1) is 19.9. The molecule has 0 aliphatic rings. The van der Waals surface area contributed by atoms with Gasteiger partial charge in [-0.05, 0) is 74.4 Å². The molecule has 41 heavy (non-hydrogen) atoms. The number of fused-ring (bicyclic) bond motifs is 1. The van der Waals surface area contributed by atoms with Crippen LogP contribution in [0.1, 0.15) is 46.5 Å². The Labute approximate surface area is 240 Å². The summed E-state index contributed by atoms with van der Waals surface area (Å²) in [7, 11) is 1.76. The number of rotatable bonds is 9. The molecule has 4 rings (SSSR count). The van der Waals surface area contributed by atoms with Crippen LogP contribution in [0.3, 0.4) is 0 Å². The van der Waals surface area contributed by atoms with E-state index in [1.165, 1.54) is 0 Å². The van der Waals surface area contributed by atoms with Crippen LogP contribution in [0.5, 0.6) is 5.75 Å². The Bertz CT molecular complexity index is 1640. The minimum Gasteiger partial charge on any atom is -0.490 e. The predicted octanol–water partition coefficient (Wildman–Crippen LogP) is 3.75. The first kappa shape index (κ1) is 28.8. The highest BCUT2D eigenvalue weighted by Gasteiger charge is 2.19. The standard InChI is InChI=1S/C33H33N5O3/c1-5-36-38-32(34-4)25-15-12-23(13-16-25)10-11-24-14-17-31(41-22(2)3)29(18-24)33(40)37-27(21-39)19-26-20-35-30-9-7-6-8-28(26)30/h1,6-9,12-18,20,22,27,35-36,39H,19,21H2,2-4H3,(H,34,38)(H,37,40)/t27-/m1/s1. The Morgan fingerprint density at radius 1 is 1.07 bits per heavy atom. The van der Waals surface area contributed by atoms with Crippen LogP contribution in [0.2, 0.25) is 0 Å². The number of aromatic amines is 1. The molecule has 0 unspecified atom stereocenters. The molecule has 8 nitrogen and oxygen atoms in total. The lowest BCUT2D eigenvalue weighted by Gasteiger charge is -2.19. The van der Waals surface area contributed by atoms with E-state index in [9.17, 15) is 9.90 Å². The van der Waals surface area contributed by atoms with Crippen molar-refractivity contribution in [2.45, 2.75) is 32.4 Å². The average molecular weight is 548 g/mol. The van der Waals surface area contributed by atoms with Crippen molar-refractivity contribution in [2.24, 2.45) is 5.10 Å². The number of carbonyl (C=O) groups is 1. The zero-order chi connectivity index (χ0) is 29.2. The second-order valence-electron chi connectivity index (χ2n) is 9.59. The fourth-order valence-electron chi connectivity index (χ4n) is 4.34. The maximum absolute atomic E-state index is 13.4. The van der Waals surface area contributed by atoms with Gasteiger partial charge in [-0.3, -0.25) is 4.79 Å². The van der Waals surface area contributed by atoms with Crippen molar-refractivity contribution in [2.75, 3.05) is 13.7 Å². The van der Waals surface area contributed by atoms with Gasteiger partial charge < -0.3 is 25.5 Å². The zero-order valence-electron chi connectivity index (χ0n) is 23.3. The molecular formula is C33H33N5O3. The number of hydrazone groups is 1. The zero-order valence-corrected chi connectivity index (χ0v) is 23.3. The van der Waals surface area contributed by atoms with Crippen LogP contribution in [0, 0.1) is 24.3 Å². The Hall–Kier alpha value is -5.18. The number of carbonyl (C=O) groups excluding carboxylic acids is 1. The predicted molar refractivity (Wildman–Crippen MR) is 163 cm³/mol. The third-order valence-corrected chi connectivity index (χ3v) is 6.26. The molecule has 0 aliphatic carbocycles. The summed E-state index contributed by atoms with van der Waals surface area (Å²) in [6.45, 7) is 3.60. The summed E-state index contributed by atoms with van der Waals surface area (Å²) in [5.74, 6) is 6.99. The number of nitrogens with one attached hydrogen (secondary N) is 4. The number of nitrogens with zero attached hydrogens (tertiary/aromatic N) is 1. The van der Waals surface area contributed by atoms with Gasteiger partial charge in [0.2, 0.25) is 0 Å². The Balaban J connectivity index is 1.54. The normalized spacial score (nSPS) is 11.8. The summed E-state index contributed by atoms with van der Waals surface area (Å²) in [5.41, 5.74) is 7.17. The molecule has 3 aromatic carbocycles. The summed E-state index contributed by atoms with van der Waals surface area (Å²) in [4.78, 5) is 16.7. The molecule has 4 aromatic rings. The van der Waals surface area contributed by atoms with Crippen molar-refractivity contribution in [3.05, 3.63) is 101 Å². The van der Waals surface area contributed by atoms with Gasteiger partial charge in [-0.2, -0.15) is 0 Å². The number of amidine groups is 1. The van der Waals surface area contributed by atoms with E-state index in [1.807, 2.05) is 74.6 Å². The molecule has 5 N–H and O–H groups in total. The van der Waals surface area contributed by atoms with Crippen LogP contribution in [0.15, 0.2) is 78.0 Å². The molecule has 208 valence electrons. The summed E-state index contributed by atoms with van der Waals surface area (Å²) < 4.78 is 5.93. The number of benzene rings is 3. The van der Waals surface area contributed by atoms with Gasteiger partial charge in [0, 0.05) is 46.9 Å². The molecule has 0 radical (unpaired) electrons. The second kappa shape index (κ2) is 13.7. The van der Waals surface area contributed by atoms with E-state index in [1.54, 1.807) is 19.2 Å². The van der Waals surface area contributed by atoms with Crippen LogP contribution in [0.25, 0.3) is 10.9 Å². The van der Waals surface area contributed by atoms with E-state index in [2.05, 4.69) is 44.0 Å². The smallest absolute Gasteiger partial charge is 0.255 e. The van der Waals surface area contributed by atoms with Gasteiger partial charge in [0.1, 0.15) is 5.75 Å². The SMILES string of the molecule is C#CN/N=C(\NC)c1ccc(C#Cc2ccc(OC(C)C)c(C(=O)N[C@@H](CO)Cc3c[nH]c4ccccc34)c2)cc1. The summed E-state index contributed by atoms with van der Waals surface area (Å²) in [5, 5.41) is 21.2. The van der Waals surface area contributed by atoms with Crippen LogP contribution in [-0.2, 0) is 6.42 Å². The molecule has 8 heteroatoms. The minimum absolute atomic E-state index is 0.126. The van der Waals surface area contributed by atoms with E-state index >= 15 is 0 Å². The Kier molecular flexibility index (Phi) is 9.66. The molecule has 1 heterocycles. The molecule has 0 fully saturated rings. The van der Waals surface area contributed by atoms with Crippen LogP contribution >= 0.6 is 0 Å². The van der Waals surface area contributed by atoms with Gasteiger partial charge in [-0.15, -0.1) is 5.10 Å². The number of ether oxygens (including phenoxy) is 1. The molecular weight excluding hydrogens is 514 g/mol. The molecule has 0 saturated carbocycles. The molecule has 0 bridgehead atoms. The van der Waals surface area contributed by atoms with Crippen molar-refractivity contribution in [3.63, 3.8) is 0 Å². The molecule has 1 amide bonds. The lowest BCUT2D eigenvalue weighted by molar-refractivity contribution is 0.0910. The van der Waals surface area contributed by atoms with Gasteiger partial charge in [-0.1, -0.05) is 36.5 Å². The number of aliphatic hydroxyl groups is 1. The van der Waals surface area contributed by atoms with E-state index in [-0.39, 0.29) is 18.6 Å². The maximum atomic E-state index is 13.4. The van der Waals surface area contributed by atoms with Crippen LogP contribution in [0.4, 0.5) is 0 Å². The quantitative estimate of drug-likeness (QED) is 0.0721. The number of terminal acetylenes is 1. The summed E-state index contributed by atoms with van der Waals surface area (Å²) in [6.07, 6.45) is 7.47. The van der Waals surface area contributed by atoms with E-state index in [0.29, 0.717) is 29.1 Å². The highest BCUT2D eigenvalue weighted by atomic mass is 16.5. The fraction of sp³-hybridized carbons (Fsp3) is 0.212. The van der Waals surface area contributed by atoms with E-state index in [4.69, 9.17) is 11.2 Å². The highest BCUT2D eigenvalue weighted by molar-refractivity contribution is 5.99. The Morgan fingerprint density at radius 3 is 2.51 bits per heavy atom. The average Bonchev–Trinajstić information content (AvgIpc) is 3.39. The van der Waals surface area contributed by atoms with Gasteiger partial charge in [0.15, 0.2) is 5.84 Å². The van der Waals surface area contributed by atoms with Crippen molar-refractivity contribution < 1.29 is 14.6 Å². The molecule has 0 saturated heterocycles. The number of hydrogen-bond acceptors (Lipinski definition) is 5. The highest BCUT2D eigenvalue weighted by Crippen LogP contribution is 2.23. The van der Waals surface area contributed by atoms with Crippen molar-refractivity contribution in [3.8, 4) is 30.1 Å². The topological polar surface area (TPSA) is 111 Å². The van der Waals surface area contributed by atoms with Gasteiger partial charge in [0.25, 0.3) is 5.91 Å². The fourth-order valence-corrected chi connectivity index (χ4v) is 4.34. The molecule has 1 atom stereocenters. The molecule has 0 spiro atoms. The third-order valence-electron chi connectivity index (χ3n) is 6.26. The van der Waals surface area contributed by atoms with E-state index < -0.39 is 6.04 Å². The lowest BCUT2D eigenvalue weighted by Crippen LogP contribution is -2.39. The van der Waals surface area contributed by atoms with Crippen LogP contribution < -0.4 is 20.8 Å². The van der Waals surface area contributed by atoms with Gasteiger partial charge in [-0.25, -0.2) is 5.43 Å². The lowest BCUT2D eigenvalue weighted by atomic mass is 10.0. The molecule has 0 aliphatic heterocycles.